The Balaban J connectivity index is 1.95. The summed E-state index contributed by atoms with van der Waals surface area (Å²) in [6, 6.07) is 6.34. The molecule has 0 spiro atoms. The van der Waals surface area contributed by atoms with Crippen molar-refractivity contribution in [3.8, 4) is 5.75 Å². The number of nitrogens with two attached hydrogens (primary N) is 1. The summed E-state index contributed by atoms with van der Waals surface area (Å²) in [6.45, 7) is 2.68. The molecule has 0 aliphatic heterocycles. The normalized spacial score (nSPS) is 12.1. The van der Waals surface area contributed by atoms with Crippen molar-refractivity contribution in [2.24, 2.45) is 5.73 Å². The molecule has 6 nitrogen and oxygen atoms in total. The van der Waals surface area contributed by atoms with Crippen LogP contribution in [-0.4, -0.2) is 22.5 Å². The first kappa shape index (κ1) is 16.0. The first-order valence-electron chi connectivity index (χ1n) is 7.37. The van der Waals surface area contributed by atoms with Crippen molar-refractivity contribution in [1.82, 2.24) is 10.3 Å². The maximum absolute atomic E-state index is 11.8. The van der Waals surface area contributed by atoms with Gasteiger partial charge in [0.1, 0.15) is 12.0 Å². The SMILES string of the molecule is CCCCNC(=O)c1coc(C(N)Cc2ccc(O)cc2)n1. The van der Waals surface area contributed by atoms with E-state index in [0.29, 0.717) is 18.9 Å². The fraction of sp³-hybridized carbons (Fsp3) is 0.375. The Bertz CT molecular complexity index is 607. The van der Waals surface area contributed by atoms with Crippen LogP contribution in [0.5, 0.6) is 5.75 Å². The number of phenolic OH excluding ortho intramolecular Hbond substituents is 1. The zero-order chi connectivity index (χ0) is 15.9. The molecular formula is C16H21N3O3. The van der Waals surface area contributed by atoms with E-state index in [-0.39, 0.29) is 17.4 Å². The summed E-state index contributed by atoms with van der Waals surface area (Å²) in [5, 5.41) is 12.0. The fourth-order valence-corrected chi connectivity index (χ4v) is 2.00. The van der Waals surface area contributed by atoms with Crippen LogP contribution in [0.15, 0.2) is 34.9 Å². The number of carbonyl (C=O) groups is 1. The summed E-state index contributed by atoms with van der Waals surface area (Å²) in [4.78, 5) is 16.0. The quantitative estimate of drug-likeness (QED) is 0.680. The van der Waals surface area contributed by atoms with Crippen molar-refractivity contribution < 1.29 is 14.3 Å². The van der Waals surface area contributed by atoms with Gasteiger partial charge < -0.3 is 20.6 Å². The number of aromatic hydroxyl groups is 1. The lowest BCUT2D eigenvalue weighted by Crippen LogP contribution is -2.24. The Hall–Kier alpha value is -2.34. The van der Waals surface area contributed by atoms with Crippen LogP contribution in [0.2, 0.25) is 0 Å². The zero-order valence-corrected chi connectivity index (χ0v) is 12.6. The summed E-state index contributed by atoms with van der Waals surface area (Å²) in [7, 11) is 0. The van der Waals surface area contributed by atoms with Crippen LogP contribution >= 0.6 is 0 Å². The number of hydrogen-bond donors (Lipinski definition) is 3. The lowest BCUT2D eigenvalue weighted by molar-refractivity contribution is 0.0948. The van der Waals surface area contributed by atoms with Gasteiger partial charge in [0.2, 0.25) is 5.89 Å². The molecule has 1 amide bonds. The van der Waals surface area contributed by atoms with Crippen LogP contribution in [0.25, 0.3) is 0 Å². The van der Waals surface area contributed by atoms with E-state index in [1.807, 2.05) is 0 Å². The molecule has 0 saturated heterocycles. The standard InChI is InChI=1S/C16H21N3O3/c1-2-3-8-18-15(21)14-10-22-16(19-14)13(17)9-11-4-6-12(20)7-5-11/h4-7,10,13,20H,2-3,8-9,17H2,1H3,(H,18,21). The number of hydrogen-bond acceptors (Lipinski definition) is 5. The smallest absolute Gasteiger partial charge is 0.273 e. The highest BCUT2D eigenvalue weighted by molar-refractivity contribution is 5.91. The maximum atomic E-state index is 11.8. The second-order valence-corrected chi connectivity index (χ2v) is 5.16. The van der Waals surface area contributed by atoms with Gasteiger partial charge in [-0.05, 0) is 30.5 Å². The Labute approximate surface area is 129 Å². The molecule has 0 saturated carbocycles. The monoisotopic (exact) mass is 303 g/mol. The number of nitrogens with one attached hydrogen (secondary N) is 1. The van der Waals surface area contributed by atoms with E-state index in [1.165, 1.54) is 6.26 Å². The van der Waals surface area contributed by atoms with Crippen molar-refractivity contribution in [3.63, 3.8) is 0 Å². The molecule has 0 aliphatic rings. The van der Waals surface area contributed by atoms with Gasteiger partial charge in [-0.3, -0.25) is 4.79 Å². The minimum absolute atomic E-state index is 0.208. The molecule has 1 aromatic carbocycles. The maximum Gasteiger partial charge on any atom is 0.273 e. The predicted molar refractivity (Wildman–Crippen MR) is 82.5 cm³/mol. The molecule has 0 fully saturated rings. The number of oxazole rings is 1. The van der Waals surface area contributed by atoms with Crippen molar-refractivity contribution in [3.05, 3.63) is 47.7 Å². The molecule has 118 valence electrons. The van der Waals surface area contributed by atoms with Crippen LogP contribution in [0.4, 0.5) is 0 Å². The van der Waals surface area contributed by atoms with Crippen LogP contribution in [0, 0.1) is 0 Å². The third kappa shape index (κ3) is 4.33. The second-order valence-electron chi connectivity index (χ2n) is 5.16. The number of amides is 1. The van der Waals surface area contributed by atoms with E-state index in [2.05, 4.69) is 17.2 Å². The third-order valence-corrected chi connectivity index (χ3v) is 3.28. The van der Waals surface area contributed by atoms with Crippen molar-refractivity contribution in [1.29, 1.82) is 0 Å². The fourth-order valence-electron chi connectivity index (χ4n) is 2.00. The van der Waals surface area contributed by atoms with E-state index >= 15 is 0 Å². The van der Waals surface area contributed by atoms with Gasteiger partial charge >= 0.3 is 0 Å². The third-order valence-electron chi connectivity index (χ3n) is 3.28. The van der Waals surface area contributed by atoms with Gasteiger partial charge in [0.25, 0.3) is 5.91 Å². The lowest BCUT2D eigenvalue weighted by atomic mass is 10.1. The van der Waals surface area contributed by atoms with Crippen LogP contribution < -0.4 is 11.1 Å². The molecule has 2 rings (SSSR count). The molecule has 0 aliphatic carbocycles. The van der Waals surface area contributed by atoms with Crippen molar-refractivity contribution in [2.75, 3.05) is 6.54 Å². The van der Waals surface area contributed by atoms with E-state index in [4.69, 9.17) is 10.2 Å². The van der Waals surface area contributed by atoms with Crippen molar-refractivity contribution in [2.45, 2.75) is 32.2 Å². The number of nitrogens with zero attached hydrogens (tertiary/aromatic N) is 1. The summed E-state index contributed by atoms with van der Waals surface area (Å²) in [5.41, 5.74) is 7.25. The minimum Gasteiger partial charge on any atom is -0.508 e. The highest BCUT2D eigenvalue weighted by atomic mass is 16.3. The topological polar surface area (TPSA) is 101 Å². The van der Waals surface area contributed by atoms with Crippen molar-refractivity contribution >= 4 is 5.91 Å². The first-order valence-corrected chi connectivity index (χ1v) is 7.37. The van der Waals surface area contributed by atoms with Gasteiger partial charge in [0, 0.05) is 6.54 Å². The molecule has 1 unspecified atom stereocenters. The molecule has 0 radical (unpaired) electrons. The highest BCUT2D eigenvalue weighted by Gasteiger charge is 2.17. The van der Waals surface area contributed by atoms with Gasteiger partial charge in [-0.25, -0.2) is 4.98 Å². The molecule has 6 heteroatoms. The number of benzene rings is 1. The van der Waals surface area contributed by atoms with Crippen LogP contribution in [0.1, 0.15) is 47.7 Å². The largest absolute Gasteiger partial charge is 0.508 e. The number of aromatic nitrogens is 1. The molecule has 1 aromatic heterocycles. The Morgan fingerprint density at radius 3 is 2.82 bits per heavy atom. The Morgan fingerprint density at radius 2 is 2.14 bits per heavy atom. The van der Waals surface area contributed by atoms with Gasteiger partial charge in [0.15, 0.2) is 5.69 Å². The number of phenols is 1. The Morgan fingerprint density at radius 1 is 1.41 bits per heavy atom. The summed E-state index contributed by atoms with van der Waals surface area (Å²) >= 11 is 0. The number of carbonyl (C=O) groups excluding carboxylic acids is 1. The van der Waals surface area contributed by atoms with E-state index in [0.717, 1.165) is 18.4 Å². The molecular weight excluding hydrogens is 282 g/mol. The number of unbranched alkanes of at least 4 members (excludes halogenated alkanes) is 1. The van der Waals surface area contributed by atoms with Crippen LogP contribution in [-0.2, 0) is 6.42 Å². The summed E-state index contributed by atoms with van der Waals surface area (Å²) < 4.78 is 5.30. The zero-order valence-electron chi connectivity index (χ0n) is 12.6. The highest BCUT2D eigenvalue weighted by Crippen LogP contribution is 2.17. The van der Waals surface area contributed by atoms with Crippen LogP contribution in [0.3, 0.4) is 0 Å². The van der Waals surface area contributed by atoms with Gasteiger partial charge in [-0.15, -0.1) is 0 Å². The molecule has 22 heavy (non-hydrogen) atoms. The Kier molecular flexibility index (Phi) is 5.55. The van der Waals surface area contributed by atoms with Gasteiger partial charge in [-0.1, -0.05) is 25.5 Å². The van der Waals surface area contributed by atoms with Gasteiger partial charge in [-0.2, -0.15) is 0 Å². The minimum atomic E-state index is -0.443. The molecule has 0 bridgehead atoms. The molecule has 1 atom stereocenters. The average Bonchev–Trinajstić information content (AvgIpc) is 3.00. The van der Waals surface area contributed by atoms with E-state index < -0.39 is 6.04 Å². The average molecular weight is 303 g/mol. The molecule has 1 heterocycles. The summed E-state index contributed by atoms with van der Waals surface area (Å²) in [6.07, 6.45) is 3.78. The molecule has 2 aromatic rings. The lowest BCUT2D eigenvalue weighted by Gasteiger charge is -2.07. The van der Waals surface area contributed by atoms with E-state index in [1.54, 1.807) is 24.3 Å². The molecule has 4 N–H and O–H groups in total. The number of rotatable bonds is 7. The predicted octanol–water partition coefficient (Wildman–Crippen LogP) is 2.15. The second kappa shape index (κ2) is 7.61. The first-order chi connectivity index (χ1) is 10.6. The summed E-state index contributed by atoms with van der Waals surface area (Å²) in [5.74, 6) is 0.286. The van der Waals surface area contributed by atoms with Gasteiger partial charge in [0.05, 0.1) is 6.04 Å². The van der Waals surface area contributed by atoms with E-state index in [9.17, 15) is 9.90 Å².